The summed E-state index contributed by atoms with van der Waals surface area (Å²) in [6, 6.07) is 6.48. The van der Waals surface area contributed by atoms with E-state index in [0.29, 0.717) is 15.9 Å². The predicted molar refractivity (Wildman–Crippen MR) is 66.2 cm³/mol. The van der Waals surface area contributed by atoms with Crippen molar-refractivity contribution in [1.82, 2.24) is 4.57 Å². The number of carboxylic acids is 2. The van der Waals surface area contributed by atoms with Crippen molar-refractivity contribution in [1.29, 1.82) is 0 Å². The largest absolute Gasteiger partial charge is 0.481 e. The van der Waals surface area contributed by atoms with Gasteiger partial charge in [-0.3, -0.25) is 4.79 Å². The topological polar surface area (TPSA) is 79.5 Å². The maximum Gasteiger partial charge on any atom is 0.352 e. The molecule has 6 heteroatoms. The molecular weight excluding hydrogens is 258 g/mol. The number of aromatic carboxylic acids is 1. The fourth-order valence-electron chi connectivity index (χ4n) is 1.87. The number of carboxylic acid groups (broad SMARTS) is 2. The van der Waals surface area contributed by atoms with E-state index in [1.807, 2.05) is 0 Å². The predicted octanol–water partition coefficient (Wildman–Crippen LogP) is 2.47. The van der Waals surface area contributed by atoms with E-state index >= 15 is 0 Å². The second-order valence-electron chi connectivity index (χ2n) is 3.83. The van der Waals surface area contributed by atoms with Crippen molar-refractivity contribution >= 4 is 34.4 Å². The van der Waals surface area contributed by atoms with Crippen molar-refractivity contribution in [2.45, 2.75) is 13.0 Å². The van der Waals surface area contributed by atoms with Gasteiger partial charge in [-0.15, -0.1) is 0 Å². The number of hydrogen-bond donors (Lipinski definition) is 2. The van der Waals surface area contributed by atoms with Gasteiger partial charge in [0.2, 0.25) is 0 Å². The summed E-state index contributed by atoms with van der Waals surface area (Å²) in [5.41, 5.74) is 0.728. The molecule has 1 heterocycles. The average Bonchev–Trinajstić information content (AvgIpc) is 2.64. The van der Waals surface area contributed by atoms with Crippen LogP contribution in [0.4, 0.5) is 0 Å². The molecule has 1 aromatic carbocycles. The molecule has 2 aromatic rings. The van der Waals surface area contributed by atoms with Gasteiger partial charge in [0.05, 0.1) is 6.42 Å². The summed E-state index contributed by atoms with van der Waals surface area (Å²) in [6.45, 7) is 0.113. The number of benzene rings is 1. The molecule has 94 valence electrons. The Morgan fingerprint density at radius 2 is 1.94 bits per heavy atom. The van der Waals surface area contributed by atoms with E-state index in [0.717, 1.165) is 0 Å². The maximum absolute atomic E-state index is 11.1. The molecule has 0 bridgehead atoms. The van der Waals surface area contributed by atoms with Gasteiger partial charge in [0.25, 0.3) is 0 Å². The smallest absolute Gasteiger partial charge is 0.352 e. The highest BCUT2D eigenvalue weighted by Gasteiger charge is 2.15. The Kier molecular flexibility index (Phi) is 3.25. The lowest BCUT2D eigenvalue weighted by atomic mass is 10.2. The highest BCUT2D eigenvalue weighted by Crippen LogP contribution is 2.24. The number of hydrogen-bond acceptors (Lipinski definition) is 2. The van der Waals surface area contributed by atoms with Gasteiger partial charge in [0.1, 0.15) is 5.69 Å². The van der Waals surface area contributed by atoms with Gasteiger partial charge in [-0.2, -0.15) is 0 Å². The summed E-state index contributed by atoms with van der Waals surface area (Å²) in [5.74, 6) is -2.06. The lowest BCUT2D eigenvalue weighted by Crippen LogP contribution is -2.11. The fraction of sp³-hybridized carbons (Fsp3) is 0.167. The van der Waals surface area contributed by atoms with Gasteiger partial charge in [-0.1, -0.05) is 11.6 Å². The minimum absolute atomic E-state index is 0.0634. The maximum atomic E-state index is 11.1. The molecule has 0 radical (unpaired) electrons. The molecule has 0 fully saturated rings. The second-order valence-corrected chi connectivity index (χ2v) is 4.27. The molecule has 0 unspecified atom stereocenters. The Labute approximate surface area is 107 Å². The Bertz CT molecular complexity index is 632. The van der Waals surface area contributed by atoms with E-state index < -0.39 is 11.9 Å². The van der Waals surface area contributed by atoms with E-state index in [1.165, 1.54) is 10.6 Å². The molecule has 1 aromatic heterocycles. The van der Waals surface area contributed by atoms with E-state index in [9.17, 15) is 9.59 Å². The molecule has 0 saturated carbocycles. The first-order chi connectivity index (χ1) is 8.49. The SMILES string of the molecule is O=C(O)CCn1c(C(=O)O)cc2cc(Cl)ccc21. The number of nitrogens with zero attached hydrogens (tertiary/aromatic N) is 1. The van der Waals surface area contributed by atoms with Crippen LogP contribution in [0.3, 0.4) is 0 Å². The van der Waals surface area contributed by atoms with Crippen molar-refractivity contribution < 1.29 is 19.8 Å². The third-order valence-electron chi connectivity index (χ3n) is 2.63. The third-order valence-corrected chi connectivity index (χ3v) is 2.87. The lowest BCUT2D eigenvalue weighted by Gasteiger charge is -2.06. The van der Waals surface area contributed by atoms with Crippen LogP contribution in [0.1, 0.15) is 16.9 Å². The minimum atomic E-state index is -1.09. The molecule has 0 amide bonds. The highest BCUT2D eigenvalue weighted by molar-refractivity contribution is 6.31. The average molecular weight is 268 g/mol. The Balaban J connectivity index is 2.55. The molecule has 0 atom stereocenters. The lowest BCUT2D eigenvalue weighted by molar-refractivity contribution is -0.137. The molecule has 18 heavy (non-hydrogen) atoms. The Morgan fingerprint density at radius 1 is 1.22 bits per heavy atom. The summed E-state index contributed by atoms with van der Waals surface area (Å²) >= 11 is 5.84. The van der Waals surface area contributed by atoms with E-state index in [2.05, 4.69) is 0 Å². The minimum Gasteiger partial charge on any atom is -0.481 e. The van der Waals surface area contributed by atoms with Crippen molar-refractivity contribution in [3.63, 3.8) is 0 Å². The Hall–Kier alpha value is -2.01. The van der Waals surface area contributed by atoms with Gasteiger partial charge < -0.3 is 14.8 Å². The van der Waals surface area contributed by atoms with Crippen LogP contribution in [0.5, 0.6) is 0 Å². The van der Waals surface area contributed by atoms with Crippen LogP contribution in [0.2, 0.25) is 5.02 Å². The number of aliphatic carboxylic acids is 1. The van der Waals surface area contributed by atoms with Gasteiger partial charge in [-0.25, -0.2) is 4.79 Å². The molecule has 2 N–H and O–H groups in total. The quantitative estimate of drug-likeness (QED) is 0.892. The Morgan fingerprint density at radius 3 is 2.56 bits per heavy atom. The van der Waals surface area contributed by atoms with Crippen LogP contribution >= 0.6 is 11.6 Å². The second kappa shape index (κ2) is 4.70. The molecule has 2 rings (SSSR count). The van der Waals surface area contributed by atoms with Crippen LogP contribution < -0.4 is 0 Å². The normalized spacial score (nSPS) is 10.7. The molecule has 5 nitrogen and oxygen atoms in total. The van der Waals surface area contributed by atoms with Gasteiger partial charge in [0, 0.05) is 22.5 Å². The zero-order valence-corrected chi connectivity index (χ0v) is 10.0. The molecule has 0 aliphatic heterocycles. The van der Waals surface area contributed by atoms with Crippen LogP contribution in [0.15, 0.2) is 24.3 Å². The number of fused-ring (bicyclic) bond motifs is 1. The first-order valence-corrected chi connectivity index (χ1v) is 5.60. The standard InChI is InChI=1S/C12H10ClNO4/c13-8-1-2-9-7(5-8)6-10(12(17)18)14(9)4-3-11(15)16/h1-2,5-6H,3-4H2,(H,15,16)(H,17,18). The highest BCUT2D eigenvalue weighted by atomic mass is 35.5. The summed E-state index contributed by atoms with van der Waals surface area (Å²) in [4.78, 5) is 21.7. The fourth-order valence-corrected chi connectivity index (χ4v) is 2.05. The third kappa shape index (κ3) is 2.31. The van der Waals surface area contributed by atoms with E-state index in [4.69, 9.17) is 21.8 Å². The van der Waals surface area contributed by atoms with Gasteiger partial charge in [0.15, 0.2) is 0 Å². The summed E-state index contributed by atoms with van der Waals surface area (Å²) in [6.07, 6.45) is -0.132. The number of aromatic nitrogens is 1. The van der Waals surface area contributed by atoms with Gasteiger partial charge in [-0.05, 0) is 24.3 Å². The zero-order valence-electron chi connectivity index (χ0n) is 9.26. The molecular formula is C12H10ClNO4. The summed E-state index contributed by atoms with van der Waals surface area (Å²) in [7, 11) is 0. The first-order valence-electron chi connectivity index (χ1n) is 5.23. The van der Waals surface area contributed by atoms with Gasteiger partial charge >= 0.3 is 11.9 Å². The molecule has 0 aliphatic rings. The number of carbonyl (C=O) groups is 2. The summed E-state index contributed by atoms with van der Waals surface area (Å²) in [5, 5.41) is 19.0. The molecule has 0 saturated heterocycles. The van der Waals surface area contributed by atoms with E-state index in [1.54, 1.807) is 18.2 Å². The summed E-state index contributed by atoms with van der Waals surface area (Å²) < 4.78 is 1.47. The molecule has 0 spiro atoms. The van der Waals surface area contributed by atoms with Crippen molar-refractivity contribution in [3.8, 4) is 0 Å². The number of aryl methyl sites for hydroxylation is 1. The number of halogens is 1. The van der Waals surface area contributed by atoms with Crippen LogP contribution in [-0.4, -0.2) is 26.7 Å². The van der Waals surface area contributed by atoms with Crippen molar-refractivity contribution in [3.05, 3.63) is 35.0 Å². The van der Waals surface area contributed by atoms with Crippen LogP contribution in [0, 0.1) is 0 Å². The zero-order chi connectivity index (χ0) is 13.3. The van der Waals surface area contributed by atoms with Crippen molar-refractivity contribution in [2.24, 2.45) is 0 Å². The van der Waals surface area contributed by atoms with Crippen molar-refractivity contribution in [2.75, 3.05) is 0 Å². The monoisotopic (exact) mass is 267 g/mol. The molecule has 0 aliphatic carbocycles. The number of rotatable bonds is 4. The van der Waals surface area contributed by atoms with Crippen LogP contribution in [-0.2, 0) is 11.3 Å². The van der Waals surface area contributed by atoms with E-state index in [-0.39, 0.29) is 18.7 Å². The van der Waals surface area contributed by atoms with Crippen LogP contribution in [0.25, 0.3) is 10.9 Å². The first kappa shape index (κ1) is 12.4.